The Morgan fingerprint density at radius 2 is 2.06 bits per heavy atom. The lowest BCUT2D eigenvalue weighted by Crippen LogP contribution is -2.35. The van der Waals surface area contributed by atoms with Crippen molar-refractivity contribution in [2.75, 3.05) is 13.1 Å². The SMILES string of the molecule is CCC(Sc1ccccc1)C(=O)NCCN.Cl. The van der Waals surface area contributed by atoms with E-state index in [0.29, 0.717) is 13.1 Å². The fraction of sp³-hybridized carbons (Fsp3) is 0.417. The number of nitrogens with two attached hydrogens (primary N) is 1. The lowest BCUT2D eigenvalue weighted by molar-refractivity contribution is -0.120. The van der Waals surface area contributed by atoms with E-state index in [9.17, 15) is 4.79 Å². The van der Waals surface area contributed by atoms with Crippen LogP contribution in [0.4, 0.5) is 0 Å². The zero-order valence-corrected chi connectivity index (χ0v) is 11.5. The average Bonchev–Trinajstić information content (AvgIpc) is 2.34. The van der Waals surface area contributed by atoms with Crippen LogP contribution >= 0.6 is 24.2 Å². The van der Waals surface area contributed by atoms with E-state index >= 15 is 0 Å². The molecule has 3 nitrogen and oxygen atoms in total. The molecule has 1 unspecified atom stereocenters. The molecular weight excluding hydrogens is 256 g/mol. The average molecular weight is 275 g/mol. The van der Waals surface area contributed by atoms with Crippen LogP contribution in [0, 0.1) is 0 Å². The summed E-state index contributed by atoms with van der Waals surface area (Å²) in [7, 11) is 0. The number of halogens is 1. The first kappa shape index (κ1) is 16.3. The Kier molecular flexibility index (Phi) is 8.94. The van der Waals surface area contributed by atoms with Crippen molar-refractivity contribution in [2.45, 2.75) is 23.5 Å². The van der Waals surface area contributed by atoms with Gasteiger partial charge < -0.3 is 11.1 Å². The third-order valence-corrected chi connectivity index (χ3v) is 3.50. The Labute approximate surface area is 113 Å². The summed E-state index contributed by atoms with van der Waals surface area (Å²) in [6.45, 7) is 3.05. The Morgan fingerprint density at radius 1 is 1.41 bits per heavy atom. The van der Waals surface area contributed by atoms with Crippen LogP contribution in [0.1, 0.15) is 13.3 Å². The number of benzene rings is 1. The van der Waals surface area contributed by atoms with Crippen molar-refractivity contribution >= 4 is 30.1 Å². The highest BCUT2D eigenvalue weighted by molar-refractivity contribution is 8.00. The lowest BCUT2D eigenvalue weighted by atomic mass is 10.3. The van der Waals surface area contributed by atoms with Crippen molar-refractivity contribution in [3.63, 3.8) is 0 Å². The van der Waals surface area contributed by atoms with Crippen molar-refractivity contribution in [3.8, 4) is 0 Å². The van der Waals surface area contributed by atoms with Crippen LogP contribution in [0.3, 0.4) is 0 Å². The molecule has 17 heavy (non-hydrogen) atoms. The molecule has 3 N–H and O–H groups in total. The molecule has 0 fully saturated rings. The van der Waals surface area contributed by atoms with E-state index in [1.807, 2.05) is 37.3 Å². The molecule has 0 aliphatic carbocycles. The van der Waals surface area contributed by atoms with Crippen LogP contribution in [0.2, 0.25) is 0 Å². The summed E-state index contributed by atoms with van der Waals surface area (Å²) >= 11 is 1.59. The summed E-state index contributed by atoms with van der Waals surface area (Å²) < 4.78 is 0. The molecule has 0 saturated heterocycles. The molecule has 5 heteroatoms. The molecule has 1 aromatic carbocycles. The molecule has 0 bridgehead atoms. The number of nitrogens with one attached hydrogen (secondary N) is 1. The van der Waals surface area contributed by atoms with Gasteiger partial charge in [0.25, 0.3) is 0 Å². The number of rotatable bonds is 6. The second-order valence-corrected chi connectivity index (χ2v) is 4.68. The molecule has 0 heterocycles. The van der Waals surface area contributed by atoms with Gasteiger partial charge in [-0.25, -0.2) is 0 Å². The van der Waals surface area contributed by atoms with Gasteiger partial charge in [0.2, 0.25) is 5.91 Å². The molecule has 0 aliphatic rings. The van der Waals surface area contributed by atoms with E-state index in [2.05, 4.69) is 5.32 Å². The molecule has 1 amide bonds. The van der Waals surface area contributed by atoms with Gasteiger partial charge in [0.1, 0.15) is 0 Å². The van der Waals surface area contributed by atoms with E-state index in [1.165, 1.54) is 0 Å². The maximum Gasteiger partial charge on any atom is 0.233 e. The summed E-state index contributed by atoms with van der Waals surface area (Å²) in [6.07, 6.45) is 0.815. The number of hydrogen-bond acceptors (Lipinski definition) is 3. The number of thioether (sulfide) groups is 1. The van der Waals surface area contributed by atoms with E-state index < -0.39 is 0 Å². The van der Waals surface area contributed by atoms with Gasteiger partial charge >= 0.3 is 0 Å². The summed E-state index contributed by atoms with van der Waals surface area (Å²) in [6, 6.07) is 9.96. The maximum absolute atomic E-state index is 11.8. The molecule has 1 atom stereocenters. The van der Waals surface area contributed by atoms with Gasteiger partial charge in [-0.15, -0.1) is 24.2 Å². The van der Waals surface area contributed by atoms with E-state index in [-0.39, 0.29) is 23.6 Å². The predicted octanol–water partition coefficient (Wildman–Crippen LogP) is 2.05. The van der Waals surface area contributed by atoms with Crippen molar-refractivity contribution in [2.24, 2.45) is 5.73 Å². The van der Waals surface area contributed by atoms with Gasteiger partial charge in [-0.1, -0.05) is 25.1 Å². The topological polar surface area (TPSA) is 55.1 Å². The van der Waals surface area contributed by atoms with Gasteiger partial charge in [0.15, 0.2) is 0 Å². The van der Waals surface area contributed by atoms with Crippen LogP contribution in [0.5, 0.6) is 0 Å². The van der Waals surface area contributed by atoms with Crippen molar-refractivity contribution in [1.82, 2.24) is 5.32 Å². The number of hydrogen-bond donors (Lipinski definition) is 2. The summed E-state index contributed by atoms with van der Waals surface area (Å²) in [5.41, 5.74) is 5.35. The molecule has 0 radical (unpaired) electrons. The molecule has 96 valence electrons. The smallest absolute Gasteiger partial charge is 0.233 e. The second-order valence-electron chi connectivity index (χ2n) is 3.41. The zero-order chi connectivity index (χ0) is 11.8. The first-order valence-electron chi connectivity index (χ1n) is 5.47. The molecule has 0 saturated carbocycles. The monoisotopic (exact) mass is 274 g/mol. The number of carbonyl (C=O) groups is 1. The lowest BCUT2D eigenvalue weighted by Gasteiger charge is -2.14. The second kappa shape index (κ2) is 9.33. The van der Waals surface area contributed by atoms with Crippen molar-refractivity contribution in [1.29, 1.82) is 0 Å². The Morgan fingerprint density at radius 3 is 2.59 bits per heavy atom. The third-order valence-electron chi connectivity index (χ3n) is 2.13. The molecule has 0 spiro atoms. The molecule has 0 aromatic heterocycles. The normalized spacial score (nSPS) is 11.4. The molecular formula is C12H19ClN2OS. The zero-order valence-electron chi connectivity index (χ0n) is 9.89. The highest BCUT2D eigenvalue weighted by Gasteiger charge is 2.16. The Hall–Kier alpha value is -0.710. The summed E-state index contributed by atoms with van der Waals surface area (Å²) in [4.78, 5) is 12.9. The van der Waals surface area contributed by atoms with Crippen LogP contribution in [-0.4, -0.2) is 24.2 Å². The minimum absolute atomic E-state index is 0. The van der Waals surface area contributed by atoms with Gasteiger partial charge in [-0.05, 0) is 18.6 Å². The number of amides is 1. The van der Waals surface area contributed by atoms with Gasteiger partial charge in [0, 0.05) is 18.0 Å². The van der Waals surface area contributed by atoms with Gasteiger partial charge in [-0.2, -0.15) is 0 Å². The molecule has 1 aromatic rings. The Balaban J connectivity index is 0.00000256. The van der Waals surface area contributed by atoms with Gasteiger partial charge in [0.05, 0.1) is 5.25 Å². The summed E-state index contributed by atoms with van der Waals surface area (Å²) in [5, 5.41) is 2.79. The molecule has 0 aliphatic heterocycles. The van der Waals surface area contributed by atoms with E-state index in [0.717, 1.165) is 11.3 Å². The fourth-order valence-electron chi connectivity index (χ4n) is 1.29. The minimum atomic E-state index is -0.0334. The van der Waals surface area contributed by atoms with Crippen molar-refractivity contribution < 1.29 is 4.79 Å². The first-order chi connectivity index (χ1) is 7.77. The van der Waals surface area contributed by atoms with E-state index in [1.54, 1.807) is 11.8 Å². The largest absolute Gasteiger partial charge is 0.354 e. The van der Waals surface area contributed by atoms with E-state index in [4.69, 9.17) is 5.73 Å². The highest BCUT2D eigenvalue weighted by Crippen LogP contribution is 2.24. The highest BCUT2D eigenvalue weighted by atomic mass is 35.5. The number of carbonyl (C=O) groups excluding carboxylic acids is 1. The standard InChI is InChI=1S/C12H18N2OS.ClH/c1-2-11(12(15)14-9-8-13)16-10-6-4-3-5-7-10;/h3-7,11H,2,8-9,13H2,1H3,(H,14,15);1H. The minimum Gasteiger partial charge on any atom is -0.354 e. The third kappa shape index (κ3) is 5.96. The van der Waals surface area contributed by atoms with Crippen LogP contribution < -0.4 is 11.1 Å². The fourth-order valence-corrected chi connectivity index (χ4v) is 2.29. The quantitative estimate of drug-likeness (QED) is 0.781. The van der Waals surface area contributed by atoms with Crippen LogP contribution in [-0.2, 0) is 4.79 Å². The van der Waals surface area contributed by atoms with Gasteiger partial charge in [-0.3, -0.25) is 4.79 Å². The Bertz CT molecular complexity index is 322. The van der Waals surface area contributed by atoms with Crippen LogP contribution in [0.15, 0.2) is 35.2 Å². The van der Waals surface area contributed by atoms with Crippen LogP contribution in [0.25, 0.3) is 0 Å². The maximum atomic E-state index is 11.8. The predicted molar refractivity (Wildman–Crippen MR) is 75.7 cm³/mol. The molecule has 1 rings (SSSR count). The first-order valence-corrected chi connectivity index (χ1v) is 6.35. The van der Waals surface area contributed by atoms with Crippen molar-refractivity contribution in [3.05, 3.63) is 30.3 Å². The summed E-state index contributed by atoms with van der Waals surface area (Å²) in [5.74, 6) is 0.0711.